The quantitative estimate of drug-likeness (QED) is 0.539. The summed E-state index contributed by atoms with van der Waals surface area (Å²) < 4.78 is 6.21. The van der Waals surface area contributed by atoms with Crippen molar-refractivity contribution in [2.45, 2.75) is 13.0 Å². The number of hydrogen-bond donors (Lipinski definition) is 2. The second-order valence-electron chi connectivity index (χ2n) is 6.08. The number of hydrogen-bond acceptors (Lipinski definition) is 6. The molecule has 9 nitrogen and oxygen atoms in total. The van der Waals surface area contributed by atoms with Gasteiger partial charge in [-0.1, -0.05) is 30.3 Å². The van der Waals surface area contributed by atoms with Gasteiger partial charge in [0.05, 0.1) is 17.1 Å². The highest BCUT2D eigenvalue weighted by atomic mass is 16.5. The lowest BCUT2D eigenvalue weighted by atomic mass is 10.2. The smallest absolute Gasteiger partial charge is 0.301 e. The predicted molar refractivity (Wildman–Crippen MR) is 101 cm³/mol. The molecule has 1 aliphatic rings. The molecule has 1 aromatic heterocycles. The molecule has 4 rings (SSSR count). The fraction of sp³-hybridized carbons (Fsp3) is 0.105. The average molecular weight is 377 g/mol. The van der Waals surface area contributed by atoms with Crippen molar-refractivity contribution in [2.75, 3.05) is 5.32 Å². The van der Waals surface area contributed by atoms with Crippen LogP contribution in [0.3, 0.4) is 0 Å². The number of azo groups is 1. The largest absolute Gasteiger partial charge is 0.468 e. The number of nitrogens with one attached hydrogen (secondary N) is 2. The number of nitrogens with zero attached hydrogens (tertiary/aromatic N) is 3. The van der Waals surface area contributed by atoms with E-state index in [0.29, 0.717) is 27.5 Å². The van der Waals surface area contributed by atoms with Crippen molar-refractivity contribution < 1.29 is 14.3 Å². The van der Waals surface area contributed by atoms with Crippen molar-refractivity contribution in [3.8, 4) is 5.75 Å². The monoisotopic (exact) mass is 377 g/mol. The first-order valence-electron chi connectivity index (χ1n) is 8.44. The van der Waals surface area contributed by atoms with E-state index in [1.165, 1.54) is 0 Å². The van der Waals surface area contributed by atoms with Crippen LogP contribution in [0, 0.1) is 6.92 Å². The second-order valence-corrected chi connectivity index (χ2v) is 6.08. The first-order valence-corrected chi connectivity index (χ1v) is 8.44. The molecule has 1 atom stereocenters. The molecular formula is C19H15N5O4. The van der Waals surface area contributed by atoms with Gasteiger partial charge in [-0.05, 0) is 31.2 Å². The molecule has 0 bridgehead atoms. The molecular weight excluding hydrogens is 362 g/mol. The van der Waals surface area contributed by atoms with Crippen molar-refractivity contribution in [3.63, 3.8) is 0 Å². The Kier molecular flexibility index (Phi) is 4.32. The molecule has 3 aromatic rings. The van der Waals surface area contributed by atoms with Crippen LogP contribution in [0.5, 0.6) is 5.75 Å². The molecule has 0 saturated heterocycles. The van der Waals surface area contributed by atoms with Crippen LogP contribution < -0.4 is 15.6 Å². The first-order chi connectivity index (χ1) is 13.5. The van der Waals surface area contributed by atoms with Gasteiger partial charge in [-0.15, -0.1) is 5.11 Å². The lowest BCUT2D eigenvalue weighted by molar-refractivity contribution is -0.121. The fourth-order valence-electron chi connectivity index (χ4n) is 2.74. The van der Waals surface area contributed by atoms with Gasteiger partial charge in [0.25, 0.3) is 17.9 Å². The minimum atomic E-state index is -1.50. The van der Waals surface area contributed by atoms with Gasteiger partial charge in [-0.2, -0.15) is 9.80 Å². The highest BCUT2D eigenvalue weighted by Crippen LogP contribution is 2.29. The lowest BCUT2D eigenvalue weighted by Crippen LogP contribution is -2.47. The van der Waals surface area contributed by atoms with Crippen LogP contribution in [0.15, 0.2) is 69.6 Å². The fourth-order valence-corrected chi connectivity index (χ4v) is 2.74. The Hall–Kier alpha value is -4.01. The number of benzene rings is 2. The molecule has 28 heavy (non-hydrogen) atoms. The van der Waals surface area contributed by atoms with Gasteiger partial charge in [-0.3, -0.25) is 19.5 Å². The molecule has 0 radical (unpaired) electrons. The molecule has 140 valence electrons. The van der Waals surface area contributed by atoms with E-state index < -0.39 is 23.5 Å². The van der Waals surface area contributed by atoms with Crippen LogP contribution in [-0.4, -0.2) is 27.7 Å². The minimum Gasteiger partial charge on any atom is -0.468 e. The van der Waals surface area contributed by atoms with Crippen molar-refractivity contribution in [2.24, 2.45) is 10.2 Å². The van der Waals surface area contributed by atoms with Gasteiger partial charge in [0.1, 0.15) is 5.75 Å². The van der Waals surface area contributed by atoms with Gasteiger partial charge in [-0.25, -0.2) is 0 Å². The molecule has 1 amide bonds. The van der Waals surface area contributed by atoms with Crippen LogP contribution in [0.25, 0.3) is 0 Å². The maximum Gasteiger partial charge on any atom is 0.301 e. The molecule has 1 aliphatic heterocycles. The Labute approximate surface area is 158 Å². The number of H-pyrrole nitrogens is 1. The molecule has 0 fully saturated rings. The van der Waals surface area contributed by atoms with E-state index in [4.69, 9.17) is 4.74 Å². The third-order valence-electron chi connectivity index (χ3n) is 4.13. The summed E-state index contributed by atoms with van der Waals surface area (Å²) in [7, 11) is 0. The number of rotatable bonds is 3. The first kappa shape index (κ1) is 17.4. The maximum atomic E-state index is 12.8. The highest BCUT2D eigenvalue weighted by molar-refractivity contribution is 6.11. The molecule has 2 aromatic carbocycles. The summed E-state index contributed by atoms with van der Waals surface area (Å²) in [6.45, 7) is 1.58. The van der Waals surface area contributed by atoms with E-state index in [2.05, 4.69) is 20.6 Å². The number of aromatic amines is 1. The molecule has 0 spiro atoms. The number of amides is 1. The van der Waals surface area contributed by atoms with Crippen LogP contribution in [0.2, 0.25) is 0 Å². The van der Waals surface area contributed by atoms with Gasteiger partial charge in [0, 0.05) is 0 Å². The number of para-hydroxylation sites is 2. The lowest BCUT2D eigenvalue weighted by Gasteiger charge is -2.24. The molecule has 2 heterocycles. The minimum absolute atomic E-state index is 0.0196. The molecule has 1 unspecified atom stereocenters. The van der Waals surface area contributed by atoms with E-state index in [1.807, 2.05) is 6.07 Å². The summed E-state index contributed by atoms with van der Waals surface area (Å²) in [6.07, 6.45) is -1.50. The summed E-state index contributed by atoms with van der Waals surface area (Å²) in [5.41, 5.74) is 0.636. The summed E-state index contributed by atoms with van der Waals surface area (Å²) in [5.74, 6) is -1.16. The Morgan fingerprint density at radius 1 is 1.04 bits per heavy atom. The molecule has 2 N–H and O–H groups in total. The van der Waals surface area contributed by atoms with Crippen molar-refractivity contribution in [1.29, 1.82) is 0 Å². The van der Waals surface area contributed by atoms with Gasteiger partial charge in [0.15, 0.2) is 5.69 Å². The Bertz CT molecular complexity index is 1150. The van der Waals surface area contributed by atoms with Crippen molar-refractivity contribution >= 4 is 28.9 Å². The van der Waals surface area contributed by atoms with E-state index >= 15 is 0 Å². The van der Waals surface area contributed by atoms with Crippen molar-refractivity contribution in [1.82, 2.24) is 9.78 Å². The highest BCUT2D eigenvalue weighted by Gasteiger charge is 2.36. The maximum absolute atomic E-state index is 12.8. The summed E-state index contributed by atoms with van der Waals surface area (Å²) in [5, 5.41) is 13.2. The number of aryl methyl sites for hydroxylation is 1. The Morgan fingerprint density at radius 2 is 1.75 bits per heavy atom. The third-order valence-corrected chi connectivity index (χ3v) is 4.13. The van der Waals surface area contributed by atoms with Crippen LogP contribution in [-0.2, 0) is 4.79 Å². The summed E-state index contributed by atoms with van der Waals surface area (Å²) in [4.78, 5) is 37.6. The van der Waals surface area contributed by atoms with E-state index in [-0.39, 0.29) is 5.69 Å². The summed E-state index contributed by atoms with van der Waals surface area (Å²) >= 11 is 0. The number of ether oxygens (including phenoxy) is 1. The predicted octanol–water partition coefficient (Wildman–Crippen LogP) is 2.94. The van der Waals surface area contributed by atoms with Gasteiger partial charge >= 0.3 is 5.56 Å². The number of carbonyl (C=O) groups is 2. The Morgan fingerprint density at radius 3 is 2.54 bits per heavy atom. The van der Waals surface area contributed by atoms with Crippen LogP contribution in [0.1, 0.15) is 10.5 Å². The summed E-state index contributed by atoms with van der Waals surface area (Å²) in [6, 6.07) is 15.6. The second kappa shape index (κ2) is 6.95. The van der Waals surface area contributed by atoms with Crippen molar-refractivity contribution in [3.05, 3.63) is 70.6 Å². The Balaban J connectivity index is 1.63. The zero-order valence-electron chi connectivity index (χ0n) is 14.7. The third kappa shape index (κ3) is 3.09. The molecule has 0 saturated carbocycles. The van der Waals surface area contributed by atoms with Crippen LogP contribution in [0.4, 0.5) is 17.1 Å². The topological polar surface area (TPSA) is 118 Å². The van der Waals surface area contributed by atoms with E-state index in [0.717, 1.165) is 0 Å². The van der Waals surface area contributed by atoms with Gasteiger partial charge in [0.2, 0.25) is 0 Å². The number of fused-ring (bicyclic) bond motifs is 1. The van der Waals surface area contributed by atoms with E-state index in [1.54, 1.807) is 55.5 Å². The molecule has 0 aliphatic carbocycles. The normalized spacial score (nSPS) is 15.8. The number of aromatic nitrogens is 2. The zero-order chi connectivity index (χ0) is 19.7. The van der Waals surface area contributed by atoms with E-state index in [9.17, 15) is 14.4 Å². The molecule has 9 heteroatoms. The SMILES string of the molecule is Cc1[nH]n(C(=O)C2Oc3ccccc3NC2=O)c(=O)c1N=Nc1ccccc1. The zero-order valence-corrected chi connectivity index (χ0v) is 14.7. The number of carbonyl (C=O) groups excluding carboxylic acids is 2. The van der Waals surface area contributed by atoms with Crippen LogP contribution >= 0.6 is 0 Å². The number of anilines is 1. The van der Waals surface area contributed by atoms with Gasteiger partial charge < -0.3 is 10.1 Å². The standard InChI is InChI=1S/C19H15N5O4/c1-11-15(22-21-12-7-3-2-4-8-12)18(26)24(23-11)19(27)16-17(25)20-13-9-5-6-10-14(13)28-16/h2-10,16,23H,1H3,(H,20,25). The average Bonchev–Trinajstić information content (AvgIpc) is 2.99.